The largest absolute Gasteiger partial charge is 0.389 e. The molecule has 2 aromatic rings. The van der Waals surface area contributed by atoms with Crippen LogP contribution in [0.4, 0.5) is 0 Å². The normalized spacial score (nSPS) is 16.3. The smallest absolute Gasteiger partial charge is 0.120 e. The summed E-state index contributed by atoms with van der Waals surface area (Å²) in [7, 11) is 0. The molecule has 0 saturated heterocycles. The van der Waals surface area contributed by atoms with Crippen LogP contribution in [0.3, 0.4) is 0 Å². The fourth-order valence-electron chi connectivity index (χ4n) is 2.86. The number of aliphatic hydroxyl groups is 2. The maximum Gasteiger partial charge on any atom is 0.120 e. The molecule has 0 heterocycles. The molecule has 2 unspecified atom stereocenters. The second kappa shape index (κ2) is 5.63. The minimum absolute atomic E-state index is 0.417. The predicted molar refractivity (Wildman–Crippen MR) is 86.0 cm³/mol. The maximum absolute atomic E-state index is 11.6. The van der Waals surface area contributed by atoms with Gasteiger partial charge in [-0.15, -0.1) is 0 Å². The van der Waals surface area contributed by atoms with Gasteiger partial charge in [0.2, 0.25) is 0 Å². The van der Waals surface area contributed by atoms with E-state index in [0.717, 1.165) is 16.7 Å². The molecule has 2 aromatic carbocycles. The standard InChI is InChI=1S/C19H24O2/c1-14(20)16-12-8-9-13-17(16)19(21,18(2,3)4)15-10-6-5-7-11-15/h5-14,20-21H,1-4H3. The third-order valence-corrected chi connectivity index (χ3v) is 4.08. The lowest BCUT2D eigenvalue weighted by molar-refractivity contribution is -0.0280. The summed E-state index contributed by atoms with van der Waals surface area (Å²) in [5.74, 6) is 0. The Kier molecular flexibility index (Phi) is 4.22. The molecule has 112 valence electrons. The van der Waals surface area contributed by atoms with Gasteiger partial charge in [0.25, 0.3) is 0 Å². The van der Waals surface area contributed by atoms with E-state index in [2.05, 4.69) is 0 Å². The molecule has 0 bridgehead atoms. The van der Waals surface area contributed by atoms with Crippen LogP contribution in [-0.4, -0.2) is 10.2 Å². The molecule has 2 rings (SSSR count). The molecule has 2 nitrogen and oxygen atoms in total. The predicted octanol–water partition coefficient (Wildman–Crippen LogP) is 4.02. The second-order valence-corrected chi connectivity index (χ2v) is 6.59. The second-order valence-electron chi connectivity index (χ2n) is 6.59. The number of hydrogen-bond acceptors (Lipinski definition) is 2. The van der Waals surface area contributed by atoms with Gasteiger partial charge in [0, 0.05) is 0 Å². The Morgan fingerprint density at radius 3 is 1.90 bits per heavy atom. The summed E-state index contributed by atoms with van der Waals surface area (Å²) in [6.07, 6.45) is -0.626. The topological polar surface area (TPSA) is 40.5 Å². The van der Waals surface area contributed by atoms with Crippen molar-refractivity contribution in [3.05, 3.63) is 71.3 Å². The molecule has 0 fully saturated rings. The maximum atomic E-state index is 11.6. The highest BCUT2D eigenvalue weighted by molar-refractivity contribution is 5.43. The van der Waals surface area contributed by atoms with Crippen LogP contribution in [0.2, 0.25) is 0 Å². The molecule has 2 atom stereocenters. The molecule has 2 heteroatoms. The lowest BCUT2D eigenvalue weighted by atomic mass is 9.67. The lowest BCUT2D eigenvalue weighted by Gasteiger charge is -2.42. The van der Waals surface area contributed by atoms with Crippen molar-refractivity contribution in [2.75, 3.05) is 0 Å². The van der Waals surface area contributed by atoms with Gasteiger partial charge < -0.3 is 10.2 Å². The Morgan fingerprint density at radius 2 is 1.38 bits per heavy atom. The van der Waals surface area contributed by atoms with Crippen LogP contribution in [-0.2, 0) is 5.60 Å². The molecular formula is C19H24O2. The van der Waals surface area contributed by atoms with Gasteiger partial charge in [-0.05, 0) is 29.0 Å². The summed E-state index contributed by atoms with van der Waals surface area (Å²) in [6.45, 7) is 7.77. The van der Waals surface area contributed by atoms with Gasteiger partial charge >= 0.3 is 0 Å². The SMILES string of the molecule is CC(O)c1ccccc1C(O)(c1ccccc1)C(C)(C)C. The highest BCUT2D eigenvalue weighted by Gasteiger charge is 2.44. The summed E-state index contributed by atoms with van der Waals surface area (Å²) in [5, 5.41) is 21.7. The monoisotopic (exact) mass is 284 g/mol. The van der Waals surface area contributed by atoms with Gasteiger partial charge in [-0.3, -0.25) is 0 Å². The van der Waals surface area contributed by atoms with Crippen LogP contribution in [0.1, 0.15) is 50.5 Å². The van der Waals surface area contributed by atoms with E-state index in [1.54, 1.807) is 6.92 Å². The Bertz CT molecular complexity index is 596. The van der Waals surface area contributed by atoms with Crippen molar-refractivity contribution in [3.63, 3.8) is 0 Å². The van der Waals surface area contributed by atoms with Crippen LogP contribution in [0.15, 0.2) is 54.6 Å². The highest BCUT2D eigenvalue weighted by atomic mass is 16.3. The minimum atomic E-state index is -1.16. The van der Waals surface area contributed by atoms with Crippen LogP contribution in [0.5, 0.6) is 0 Å². The first-order valence-corrected chi connectivity index (χ1v) is 7.34. The van der Waals surface area contributed by atoms with Gasteiger partial charge in [-0.1, -0.05) is 75.4 Å². The third-order valence-electron chi connectivity index (χ3n) is 4.08. The van der Waals surface area contributed by atoms with Crippen LogP contribution < -0.4 is 0 Å². The summed E-state index contributed by atoms with van der Waals surface area (Å²) < 4.78 is 0. The van der Waals surface area contributed by atoms with Gasteiger partial charge in [0.05, 0.1) is 6.10 Å². The Morgan fingerprint density at radius 1 is 0.857 bits per heavy atom. The number of rotatable bonds is 3. The van der Waals surface area contributed by atoms with E-state index in [9.17, 15) is 10.2 Å². The zero-order valence-electron chi connectivity index (χ0n) is 13.2. The summed E-state index contributed by atoms with van der Waals surface area (Å²) in [6, 6.07) is 17.2. The Labute approximate surface area is 127 Å². The molecule has 0 radical (unpaired) electrons. The molecule has 0 spiro atoms. The molecule has 21 heavy (non-hydrogen) atoms. The van der Waals surface area contributed by atoms with Gasteiger partial charge in [0.1, 0.15) is 5.60 Å². The molecule has 0 aromatic heterocycles. The average Bonchev–Trinajstić information content (AvgIpc) is 2.46. The summed E-state index contributed by atoms with van der Waals surface area (Å²) in [5.41, 5.74) is 0.782. The van der Waals surface area contributed by atoms with Crippen molar-refractivity contribution in [2.24, 2.45) is 5.41 Å². The molecule has 0 aliphatic heterocycles. The van der Waals surface area contributed by atoms with E-state index in [1.165, 1.54) is 0 Å². The highest BCUT2D eigenvalue weighted by Crippen LogP contribution is 2.46. The summed E-state index contributed by atoms with van der Waals surface area (Å²) >= 11 is 0. The zero-order valence-corrected chi connectivity index (χ0v) is 13.2. The fourth-order valence-corrected chi connectivity index (χ4v) is 2.86. The minimum Gasteiger partial charge on any atom is -0.389 e. The van der Waals surface area contributed by atoms with Crippen molar-refractivity contribution in [2.45, 2.75) is 39.4 Å². The number of aliphatic hydroxyl groups excluding tert-OH is 1. The third kappa shape index (κ3) is 2.74. The van der Waals surface area contributed by atoms with Crippen molar-refractivity contribution >= 4 is 0 Å². The summed E-state index contributed by atoms with van der Waals surface area (Å²) in [4.78, 5) is 0. The Hall–Kier alpha value is -1.64. The lowest BCUT2D eigenvalue weighted by Crippen LogP contribution is -2.42. The Balaban J connectivity index is 2.74. The molecular weight excluding hydrogens is 260 g/mol. The van der Waals surface area contributed by atoms with E-state index in [0.29, 0.717) is 0 Å². The zero-order chi connectivity index (χ0) is 15.7. The van der Waals surface area contributed by atoms with Crippen LogP contribution in [0.25, 0.3) is 0 Å². The molecule has 2 N–H and O–H groups in total. The molecule has 0 aliphatic rings. The van der Waals surface area contributed by atoms with E-state index >= 15 is 0 Å². The first kappa shape index (κ1) is 15.7. The van der Waals surface area contributed by atoms with Crippen molar-refractivity contribution in [3.8, 4) is 0 Å². The van der Waals surface area contributed by atoms with E-state index in [4.69, 9.17) is 0 Å². The van der Waals surface area contributed by atoms with E-state index in [1.807, 2.05) is 75.4 Å². The van der Waals surface area contributed by atoms with Crippen LogP contribution in [0, 0.1) is 5.41 Å². The van der Waals surface area contributed by atoms with Crippen molar-refractivity contribution < 1.29 is 10.2 Å². The number of benzene rings is 2. The molecule has 0 aliphatic carbocycles. The van der Waals surface area contributed by atoms with Gasteiger partial charge in [-0.2, -0.15) is 0 Å². The first-order valence-electron chi connectivity index (χ1n) is 7.34. The van der Waals surface area contributed by atoms with Crippen molar-refractivity contribution in [1.29, 1.82) is 0 Å². The first-order chi connectivity index (χ1) is 9.78. The molecule has 0 saturated carbocycles. The van der Waals surface area contributed by atoms with Gasteiger partial charge in [-0.25, -0.2) is 0 Å². The van der Waals surface area contributed by atoms with E-state index in [-0.39, 0.29) is 0 Å². The van der Waals surface area contributed by atoms with Crippen molar-refractivity contribution in [1.82, 2.24) is 0 Å². The number of hydrogen-bond donors (Lipinski definition) is 2. The van der Waals surface area contributed by atoms with E-state index < -0.39 is 17.1 Å². The quantitative estimate of drug-likeness (QED) is 0.893. The molecule has 0 amide bonds. The van der Waals surface area contributed by atoms with Crippen LogP contribution >= 0.6 is 0 Å². The van der Waals surface area contributed by atoms with Gasteiger partial charge in [0.15, 0.2) is 0 Å². The average molecular weight is 284 g/mol. The fraction of sp³-hybridized carbons (Fsp3) is 0.368.